The van der Waals surface area contributed by atoms with E-state index in [9.17, 15) is 22.8 Å². The molecule has 0 saturated carbocycles. The highest BCUT2D eigenvalue weighted by Gasteiger charge is 2.36. The zero-order valence-electron chi connectivity index (χ0n) is 9.73. The molecule has 2 heterocycles. The molecule has 6 nitrogen and oxygen atoms in total. The summed E-state index contributed by atoms with van der Waals surface area (Å²) in [5.74, 6) is -0.802. The molecule has 0 spiro atoms. The van der Waals surface area contributed by atoms with Gasteiger partial charge in [0.25, 0.3) is 5.91 Å². The molecule has 1 aromatic heterocycles. The van der Waals surface area contributed by atoms with Crippen LogP contribution < -0.4 is 5.32 Å². The number of aromatic nitrogens is 2. The highest BCUT2D eigenvalue weighted by molar-refractivity contribution is 6.06. The summed E-state index contributed by atoms with van der Waals surface area (Å²) < 4.78 is 36.8. The summed E-state index contributed by atoms with van der Waals surface area (Å²) in [5, 5.41) is 8.91. The quantitative estimate of drug-likeness (QED) is 0.802. The second-order valence-corrected chi connectivity index (χ2v) is 3.99. The number of amides is 2. The lowest BCUT2D eigenvalue weighted by Crippen LogP contribution is -2.32. The van der Waals surface area contributed by atoms with Crippen LogP contribution >= 0.6 is 0 Å². The number of carbonyl (C=O) groups excluding carboxylic acids is 2. The van der Waals surface area contributed by atoms with Crippen molar-refractivity contribution in [3.05, 3.63) is 17.8 Å². The molecule has 0 aromatic carbocycles. The minimum Gasteiger partial charge on any atom is -0.356 e. The summed E-state index contributed by atoms with van der Waals surface area (Å²) >= 11 is 0. The van der Waals surface area contributed by atoms with Gasteiger partial charge in [-0.3, -0.25) is 14.5 Å². The van der Waals surface area contributed by atoms with Crippen molar-refractivity contribution in [1.82, 2.24) is 15.1 Å². The second kappa shape index (κ2) is 4.48. The van der Waals surface area contributed by atoms with E-state index in [0.29, 0.717) is 0 Å². The van der Waals surface area contributed by atoms with Crippen LogP contribution in [0.1, 0.15) is 12.1 Å². The molecule has 0 bridgehead atoms. The Kier molecular flexibility index (Phi) is 3.13. The molecule has 1 aliphatic heterocycles. The van der Waals surface area contributed by atoms with E-state index in [1.807, 2.05) is 0 Å². The molecule has 1 aromatic rings. The minimum atomic E-state index is -4.56. The summed E-state index contributed by atoms with van der Waals surface area (Å²) in [6.07, 6.45) is -4.62. The summed E-state index contributed by atoms with van der Waals surface area (Å²) in [6.45, 7) is 0. The Balaban J connectivity index is 2.09. The standard InChI is InChI=1S/C10H9F3N4O2/c1-17-8(18)4-5(9(17)19)14-7-3-2-6(15-16-7)10(11,12)13/h2-3,5H,4H2,1H3,(H,14,16)/t5-/m1/s1. The Morgan fingerprint density at radius 1 is 1.32 bits per heavy atom. The first-order valence-electron chi connectivity index (χ1n) is 5.27. The smallest absolute Gasteiger partial charge is 0.356 e. The van der Waals surface area contributed by atoms with Gasteiger partial charge in [0.2, 0.25) is 5.91 Å². The van der Waals surface area contributed by atoms with Crippen molar-refractivity contribution in [3.8, 4) is 0 Å². The van der Waals surface area contributed by atoms with E-state index >= 15 is 0 Å². The van der Waals surface area contributed by atoms with Crippen molar-refractivity contribution in [2.24, 2.45) is 0 Å². The van der Waals surface area contributed by atoms with E-state index in [-0.39, 0.29) is 18.1 Å². The molecule has 102 valence electrons. The molecule has 1 atom stereocenters. The van der Waals surface area contributed by atoms with Crippen LogP contribution in [0.3, 0.4) is 0 Å². The highest BCUT2D eigenvalue weighted by atomic mass is 19.4. The fourth-order valence-corrected chi connectivity index (χ4v) is 1.61. The van der Waals surface area contributed by atoms with E-state index in [4.69, 9.17) is 0 Å². The molecule has 19 heavy (non-hydrogen) atoms. The van der Waals surface area contributed by atoms with Crippen LogP contribution in [0.4, 0.5) is 19.0 Å². The molecule has 2 amide bonds. The molecule has 2 rings (SSSR count). The van der Waals surface area contributed by atoms with E-state index < -0.39 is 23.8 Å². The lowest BCUT2D eigenvalue weighted by Gasteiger charge is -2.11. The van der Waals surface area contributed by atoms with Crippen molar-refractivity contribution in [1.29, 1.82) is 0 Å². The molecule has 1 saturated heterocycles. The number of nitrogens with one attached hydrogen (secondary N) is 1. The number of carbonyl (C=O) groups is 2. The number of anilines is 1. The number of hydrogen-bond donors (Lipinski definition) is 1. The molecular weight excluding hydrogens is 265 g/mol. The average Bonchev–Trinajstić information content (AvgIpc) is 2.57. The number of likely N-dealkylation sites (N-methyl/N-ethyl adjacent to an activating group) is 1. The second-order valence-electron chi connectivity index (χ2n) is 3.99. The van der Waals surface area contributed by atoms with E-state index in [1.54, 1.807) is 0 Å². The molecule has 0 radical (unpaired) electrons. The van der Waals surface area contributed by atoms with Crippen LogP contribution in [0.5, 0.6) is 0 Å². The maximum Gasteiger partial charge on any atom is 0.435 e. The number of likely N-dealkylation sites (tertiary alicyclic amines) is 1. The molecular formula is C10H9F3N4O2. The van der Waals surface area contributed by atoms with E-state index in [1.165, 1.54) is 7.05 Å². The molecule has 9 heteroatoms. The van der Waals surface area contributed by atoms with Gasteiger partial charge in [-0.15, -0.1) is 10.2 Å². The Labute approximate surface area is 105 Å². The van der Waals surface area contributed by atoms with Crippen molar-refractivity contribution < 1.29 is 22.8 Å². The van der Waals surface area contributed by atoms with Crippen LogP contribution in [0.2, 0.25) is 0 Å². The zero-order valence-corrected chi connectivity index (χ0v) is 9.73. The van der Waals surface area contributed by atoms with Crippen LogP contribution in [-0.4, -0.2) is 40.0 Å². The predicted molar refractivity (Wildman–Crippen MR) is 56.8 cm³/mol. The Morgan fingerprint density at radius 3 is 2.42 bits per heavy atom. The van der Waals surface area contributed by atoms with Gasteiger partial charge < -0.3 is 5.32 Å². The van der Waals surface area contributed by atoms with Gasteiger partial charge in [-0.05, 0) is 12.1 Å². The molecule has 0 aliphatic carbocycles. The maximum atomic E-state index is 12.3. The van der Waals surface area contributed by atoms with Gasteiger partial charge in [0.15, 0.2) is 5.69 Å². The first kappa shape index (κ1) is 13.2. The fraction of sp³-hybridized carbons (Fsp3) is 0.400. The van der Waals surface area contributed by atoms with Crippen LogP contribution in [0, 0.1) is 0 Å². The molecule has 1 aliphatic rings. The number of rotatable bonds is 2. The monoisotopic (exact) mass is 274 g/mol. The van der Waals surface area contributed by atoms with Gasteiger partial charge in [-0.1, -0.05) is 0 Å². The van der Waals surface area contributed by atoms with Crippen molar-refractivity contribution in [2.45, 2.75) is 18.6 Å². The summed E-state index contributed by atoms with van der Waals surface area (Å²) in [6, 6.07) is 0.996. The Hall–Kier alpha value is -2.19. The van der Waals surface area contributed by atoms with Gasteiger partial charge in [0.05, 0.1) is 6.42 Å². The summed E-state index contributed by atoms with van der Waals surface area (Å²) in [4.78, 5) is 23.8. The van der Waals surface area contributed by atoms with Gasteiger partial charge in [0.1, 0.15) is 11.9 Å². The minimum absolute atomic E-state index is 0.00875. The number of hydrogen-bond acceptors (Lipinski definition) is 5. The van der Waals surface area contributed by atoms with Gasteiger partial charge in [0, 0.05) is 7.05 Å². The number of halogens is 3. The number of imide groups is 1. The lowest BCUT2D eigenvalue weighted by molar-refractivity contribution is -0.142. The van der Waals surface area contributed by atoms with Crippen molar-refractivity contribution in [3.63, 3.8) is 0 Å². The van der Waals surface area contributed by atoms with Crippen LogP contribution in [-0.2, 0) is 15.8 Å². The topological polar surface area (TPSA) is 75.2 Å². The fourth-order valence-electron chi connectivity index (χ4n) is 1.61. The average molecular weight is 274 g/mol. The van der Waals surface area contributed by atoms with E-state index in [0.717, 1.165) is 17.0 Å². The zero-order chi connectivity index (χ0) is 14.2. The third-order valence-electron chi connectivity index (χ3n) is 2.66. The first-order chi connectivity index (χ1) is 8.79. The van der Waals surface area contributed by atoms with E-state index in [2.05, 4.69) is 15.5 Å². The lowest BCUT2D eigenvalue weighted by atomic mass is 10.2. The number of alkyl halides is 3. The molecule has 1 fully saturated rings. The summed E-state index contributed by atoms with van der Waals surface area (Å²) in [7, 11) is 1.34. The summed E-state index contributed by atoms with van der Waals surface area (Å²) in [5.41, 5.74) is -1.12. The predicted octanol–water partition coefficient (Wildman–Crippen LogP) is 0.665. The first-order valence-corrected chi connectivity index (χ1v) is 5.27. The number of nitrogens with zero attached hydrogens (tertiary/aromatic N) is 3. The third-order valence-corrected chi connectivity index (χ3v) is 2.66. The molecule has 0 unspecified atom stereocenters. The van der Waals surface area contributed by atoms with Crippen molar-refractivity contribution >= 4 is 17.6 Å². The Morgan fingerprint density at radius 2 is 2.00 bits per heavy atom. The van der Waals surface area contributed by atoms with Crippen molar-refractivity contribution in [2.75, 3.05) is 12.4 Å². The largest absolute Gasteiger partial charge is 0.435 e. The van der Waals surface area contributed by atoms with Gasteiger partial charge in [-0.25, -0.2) is 0 Å². The maximum absolute atomic E-state index is 12.3. The highest BCUT2D eigenvalue weighted by Crippen LogP contribution is 2.27. The Bertz CT molecular complexity index is 515. The van der Waals surface area contributed by atoms with Gasteiger partial charge >= 0.3 is 6.18 Å². The van der Waals surface area contributed by atoms with Crippen LogP contribution in [0.25, 0.3) is 0 Å². The van der Waals surface area contributed by atoms with Crippen LogP contribution in [0.15, 0.2) is 12.1 Å². The SMILES string of the molecule is CN1C(=O)C[C@@H](Nc2ccc(C(F)(F)F)nn2)C1=O. The van der Waals surface area contributed by atoms with Gasteiger partial charge in [-0.2, -0.15) is 13.2 Å². The molecule has 1 N–H and O–H groups in total. The normalized spacial score (nSPS) is 20.0. The third kappa shape index (κ3) is 2.64.